The van der Waals surface area contributed by atoms with Gasteiger partial charge in [0.05, 0.1) is 0 Å². The van der Waals surface area contributed by atoms with Gasteiger partial charge in [0.1, 0.15) is 6.04 Å². The minimum atomic E-state index is -4.46. The number of rotatable bonds is 5. The van der Waals surface area contributed by atoms with Crippen molar-refractivity contribution in [1.82, 2.24) is 10.6 Å². The normalized spacial score (nSPS) is 18.7. The summed E-state index contributed by atoms with van der Waals surface area (Å²) in [6.07, 6.45) is -4.70. The summed E-state index contributed by atoms with van der Waals surface area (Å²) in [6.45, 7) is 3.05. The zero-order chi connectivity index (χ0) is 15.5. The van der Waals surface area contributed by atoms with Gasteiger partial charge in [-0.1, -0.05) is 37.3 Å². The number of alkyl halides is 3. The van der Waals surface area contributed by atoms with Gasteiger partial charge in [0, 0.05) is 12.3 Å². The first-order valence-electron chi connectivity index (χ1n) is 6.99. The molecule has 21 heavy (non-hydrogen) atoms. The minimum Gasteiger partial charge on any atom is -0.344 e. The van der Waals surface area contributed by atoms with E-state index in [1.54, 1.807) is 37.3 Å². The fourth-order valence-electron chi connectivity index (χ4n) is 2.28. The van der Waals surface area contributed by atoms with Crippen molar-refractivity contribution in [3.63, 3.8) is 0 Å². The molecular weight excluding hydrogens is 281 g/mol. The molecular formula is C15H19F3N2O. The second-order valence-corrected chi connectivity index (χ2v) is 5.50. The maximum Gasteiger partial charge on any atom is 0.408 e. The van der Waals surface area contributed by atoms with Gasteiger partial charge >= 0.3 is 6.18 Å². The van der Waals surface area contributed by atoms with Crippen molar-refractivity contribution in [2.45, 2.75) is 25.6 Å². The van der Waals surface area contributed by atoms with Crippen LogP contribution < -0.4 is 10.6 Å². The van der Waals surface area contributed by atoms with Crippen LogP contribution in [0.3, 0.4) is 0 Å². The maximum absolute atomic E-state index is 13.1. The number of halogens is 3. The molecule has 116 valence electrons. The van der Waals surface area contributed by atoms with Crippen molar-refractivity contribution in [2.24, 2.45) is 11.8 Å². The van der Waals surface area contributed by atoms with Gasteiger partial charge in [-0.25, -0.2) is 0 Å². The summed E-state index contributed by atoms with van der Waals surface area (Å²) in [4.78, 5) is 12.0. The lowest BCUT2D eigenvalue weighted by Gasteiger charge is -2.33. The zero-order valence-corrected chi connectivity index (χ0v) is 11.8. The van der Waals surface area contributed by atoms with Crippen molar-refractivity contribution in [2.75, 3.05) is 13.1 Å². The van der Waals surface area contributed by atoms with Crippen molar-refractivity contribution in [3.05, 3.63) is 35.9 Å². The van der Waals surface area contributed by atoms with Crippen molar-refractivity contribution < 1.29 is 18.0 Å². The van der Waals surface area contributed by atoms with E-state index >= 15 is 0 Å². The molecule has 0 bridgehead atoms. The van der Waals surface area contributed by atoms with Gasteiger partial charge in [-0.05, 0) is 24.6 Å². The molecule has 1 fully saturated rings. The van der Waals surface area contributed by atoms with Crippen LogP contribution in [0.2, 0.25) is 0 Å². The lowest BCUT2D eigenvalue weighted by Crippen LogP contribution is -2.53. The Balaban J connectivity index is 2.01. The molecule has 0 saturated carbocycles. The molecule has 0 aromatic heterocycles. The first-order valence-corrected chi connectivity index (χ1v) is 6.99. The molecule has 2 rings (SSSR count). The maximum atomic E-state index is 13.1. The largest absolute Gasteiger partial charge is 0.408 e. The molecule has 2 N–H and O–H groups in total. The number of hydrogen-bond acceptors (Lipinski definition) is 2. The first-order chi connectivity index (χ1) is 9.88. The molecule has 1 heterocycles. The lowest BCUT2D eigenvalue weighted by atomic mass is 9.88. The third kappa shape index (κ3) is 4.20. The molecule has 1 amide bonds. The van der Waals surface area contributed by atoms with E-state index in [2.05, 4.69) is 10.6 Å². The summed E-state index contributed by atoms with van der Waals surface area (Å²) in [5, 5.41) is 5.18. The smallest absolute Gasteiger partial charge is 0.344 e. The van der Waals surface area contributed by atoms with Crippen molar-refractivity contribution >= 4 is 5.91 Å². The second-order valence-electron chi connectivity index (χ2n) is 5.50. The van der Waals surface area contributed by atoms with E-state index in [0.717, 1.165) is 0 Å². The first kappa shape index (κ1) is 15.8. The molecule has 1 saturated heterocycles. The molecule has 1 aromatic rings. The van der Waals surface area contributed by atoms with Crippen LogP contribution in [0.15, 0.2) is 30.3 Å². The van der Waals surface area contributed by atoms with Gasteiger partial charge in [-0.2, -0.15) is 13.2 Å². The Morgan fingerprint density at radius 1 is 1.33 bits per heavy atom. The number of amides is 1. The number of carbonyl (C=O) groups is 1. The van der Waals surface area contributed by atoms with Gasteiger partial charge < -0.3 is 10.6 Å². The van der Waals surface area contributed by atoms with Crippen LogP contribution in [0, 0.1) is 11.8 Å². The highest BCUT2D eigenvalue weighted by atomic mass is 19.4. The summed E-state index contributed by atoms with van der Waals surface area (Å²) in [7, 11) is 0. The average Bonchev–Trinajstić information content (AvgIpc) is 2.36. The Hall–Kier alpha value is -1.56. The Morgan fingerprint density at radius 2 is 1.95 bits per heavy atom. The second kappa shape index (κ2) is 6.47. The highest BCUT2D eigenvalue weighted by molar-refractivity contribution is 5.79. The summed E-state index contributed by atoms with van der Waals surface area (Å²) in [5.41, 5.74) is 0.554. The van der Waals surface area contributed by atoms with Crippen LogP contribution >= 0.6 is 0 Å². The van der Waals surface area contributed by atoms with Crippen LogP contribution in [0.25, 0.3) is 0 Å². The zero-order valence-electron chi connectivity index (χ0n) is 11.8. The Labute approximate surface area is 121 Å². The SMILES string of the molecule is CC(C(=O)NC(Cc1ccccc1)C(F)(F)F)C1CNC1. The average molecular weight is 300 g/mol. The van der Waals surface area contributed by atoms with Crippen LogP contribution in [0.1, 0.15) is 12.5 Å². The predicted molar refractivity (Wildman–Crippen MR) is 73.7 cm³/mol. The Morgan fingerprint density at radius 3 is 2.43 bits per heavy atom. The number of carbonyl (C=O) groups excluding carboxylic acids is 1. The predicted octanol–water partition coefficient (Wildman–Crippen LogP) is 2.13. The highest BCUT2D eigenvalue weighted by Crippen LogP contribution is 2.24. The van der Waals surface area contributed by atoms with E-state index in [1.165, 1.54) is 0 Å². The summed E-state index contributed by atoms with van der Waals surface area (Å²) < 4.78 is 39.3. The number of benzene rings is 1. The minimum absolute atomic E-state index is 0.121. The Kier molecular flexibility index (Phi) is 4.88. The van der Waals surface area contributed by atoms with E-state index in [4.69, 9.17) is 0 Å². The van der Waals surface area contributed by atoms with E-state index in [0.29, 0.717) is 18.7 Å². The van der Waals surface area contributed by atoms with Crippen molar-refractivity contribution in [3.8, 4) is 0 Å². The van der Waals surface area contributed by atoms with E-state index in [9.17, 15) is 18.0 Å². The summed E-state index contributed by atoms with van der Waals surface area (Å²) in [5.74, 6) is -0.817. The van der Waals surface area contributed by atoms with Crippen LogP contribution in [0.5, 0.6) is 0 Å². The van der Waals surface area contributed by atoms with Crippen LogP contribution in [-0.2, 0) is 11.2 Å². The standard InChI is InChI=1S/C15H19F3N2O/c1-10(12-8-19-9-12)14(21)20-13(15(16,17)18)7-11-5-3-2-4-6-11/h2-6,10,12-13,19H,7-9H2,1H3,(H,20,21). The molecule has 3 nitrogen and oxygen atoms in total. The molecule has 1 aliphatic rings. The monoisotopic (exact) mass is 300 g/mol. The van der Waals surface area contributed by atoms with Crippen LogP contribution in [0.4, 0.5) is 13.2 Å². The topological polar surface area (TPSA) is 41.1 Å². The Bertz CT molecular complexity index is 472. The van der Waals surface area contributed by atoms with Gasteiger partial charge in [-0.3, -0.25) is 4.79 Å². The van der Waals surface area contributed by atoms with Crippen LogP contribution in [-0.4, -0.2) is 31.2 Å². The van der Waals surface area contributed by atoms with E-state index < -0.39 is 24.0 Å². The molecule has 2 atom stereocenters. The molecule has 0 aliphatic carbocycles. The van der Waals surface area contributed by atoms with Crippen molar-refractivity contribution in [1.29, 1.82) is 0 Å². The number of nitrogens with one attached hydrogen (secondary N) is 2. The lowest BCUT2D eigenvalue weighted by molar-refractivity contribution is -0.163. The quantitative estimate of drug-likeness (QED) is 0.874. The van der Waals surface area contributed by atoms with E-state index in [-0.39, 0.29) is 12.3 Å². The third-order valence-corrected chi connectivity index (χ3v) is 3.93. The fourth-order valence-corrected chi connectivity index (χ4v) is 2.28. The van der Waals surface area contributed by atoms with Gasteiger partial charge in [-0.15, -0.1) is 0 Å². The molecule has 6 heteroatoms. The highest BCUT2D eigenvalue weighted by Gasteiger charge is 2.42. The summed E-state index contributed by atoms with van der Waals surface area (Å²) >= 11 is 0. The molecule has 0 spiro atoms. The van der Waals surface area contributed by atoms with E-state index in [1.807, 2.05) is 0 Å². The van der Waals surface area contributed by atoms with Gasteiger partial charge in [0.2, 0.25) is 5.91 Å². The molecule has 1 aromatic carbocycles. The van der Waals surface area contributed by atoms with Gasteiger partial charge in [0.25, 0.3) is 0 Å². The molecule has 2 unspecified atom stereocenters. The molecule has 0 radical (unpaired) electrons. The molecule has 1 aliphatic heterocycles. The summed E-state index contributed by atoms with van der Waals surface area (Å²) in [6, 6.07) is 6.54. The third-order valence-electron chi connectivity index (χ3n) is 3.93. The number of hydrogen-bond donors (Lipinski definition) is 2. The van der Waals surface area contributed by atoms with Gasteiger partial charge in [0.15, 0.2) is 0 Å². The fraction of sp³-hybridized carbons (Fsp3) is 0.533.